The fraction of sp³-hybridized carbons (Fsp3) is 0.870. The first-order chi connectivity index (χ1) is 12.4. The molecule has 3 nitrogen and oxygen atoms in total. The van der Waals surface area contributed by atoms with Gasteiger partial charge in [-0.25, -0.2) is 0 Å². The van der Waals surface area contributed by atoms with Crippen LogP contribution in [0.3, 0.4) is 0 Å². The van der Waals surface area contributed by atoms with Gasteiger partial charge in [0.05, 0.1) is 19.1 Å². The van der Waals surface area contributed by atoms with Crippen LogP contribution in [0.25, 0.3) is 0 Å². The van der Waals surface area contributed by atoms with Crippen LogP contribution in [0, 0.1) is 40.4 Å². The number of rotatable bonds is 1. The summed E-state index contributed by atoms with van der Waals surface area (Å²) in [6.07, 6.45) is 12.6. The second kappa shape index (κ2) is 5.83. The molecule has 26 heavy (non-hydrogen) atoms. The van der Waals surface area contributed by atoms with Crippen LogP contribution in [-0.2, 0) is 9.53 Å². The Balaban J connectivity index is 1.42. The molecule has 5 rings (SSSR count). The first kappa shape index (κ1) is 17.3. The molecule has 2 unspecified atom stereocenters. The van der Waals surface area contributed by atoms with Crippen LogP contribution in [0.4, 0.5) is 0 Å². The van der Waals surface area contributed by atoms with Gasteiger partial charge in [0.25, 0.3) is 0 Å². The normalized spacial score (nSPS) is 53.3. The highest BCUT2D eigenvalue weighted by Crippen LogP contribution is 2.67. The zero-order chi connectivity index (χ0) is 18.1. The molecule has 0 amide bonds. The fourth-order valence-corrected chi connectivity index (χ4v) is 8.25. The molecule has 0 bridgehead atoms. The van der Waals surface area contributed by atoms with Crippen molar-refractivity contribution in [1.29, 1.82) is 0 Å². The van der Waals surface area contributed by atoms with Crippen molar-refractivity contribution in [2.24, 2.45) is 40.4 Å². The summed E-state index contributed by atoms with van der Waals surface area (Å²) >= 11 is 0. The van der Waals surface area contributed by atoms with Gasteiger partial charge in [-0.2, -0.15) is 0 Å². The largest absolute Gasteiger partial charge is 0.465 e. The predicted octanol–water partition coefficient (Wildman–Crippen LogP) is 4.49. The molecule has 5 aliphatic rings. The Kier molecular flexibility index (Phi) is 3.88. The number of aliphatic hydroxyl groups excluding tert-OH is 1. The zero-order valence-corrected chi connectivity index (χ0v) is 16.4. The zero-order valence-electron chi connectivity index (χ0n) is 16.4. The van der Waals surface area contributed by atoms with Gasteiger partial charge < -0.3 is 9.84 Å². The topological polar surface area (TPSA) is 46.5 Å². The Morgan fingerprint density at radius 1 is 1.04 bits per heavy atom. The van der Waals surface area contributed by atoms with E-state index in [2.05, 4.69) is 19.9 Å². The third-order valence-electron chi connectivity index (χ3n) is 9.61. The Labute approximate surface area is 157 Å². The minimum atomic E-state index is -0.115. The second-order valence-corrected chi connectivity index (χ2v) is 10.5. The van der Waals surface area contributed by atoms with Gasteiger partial charge in [-0.05, 0) is 85.9 Å². The van der Waals surface area contributed by atoms with Gasteiger partial charge in [0.1, 0.15) is 0 Å². The van der Waals surface area contributed by atoms with E-state index in [4.69, 9.17) is 4.74 Å². The van der Waals surface area contributed by atoms with Gasteiger partial charge in [0.15, 0.2) is 0 Å². The lowest BCUT2D eigenvalue weighted by atomic mass is 9.47. The number of esters is 1. The summed E-state index contributed by atoms with van der Waals surface area (Å²) in [6.45, 7) is 5.71. The van der Waals surface area contributed by atoms with Crippen LogP contribution >= 0.6 is 0 Å². The van der Waals surface area contributed by atoms with Crippen molar-refractivity contribution >= 4 is 5.97 Å². The van der Waals surface area contributed by atoms with Gasteiger partial charge >= 0.3 is 5.97 Å². The number of carbonyl (C=O) groups is 1. The Morgan fingerprint density at radius 3 is 2.62 bits per heavy atom. The average molecular weight is 359 g/mol. The van der Waals surface area contributed by atoms with E-state index in [9.17, 15) is 9.90 Å². The Hall–Kier alpha value is -0.830. The van der Waals surface area contributed by atoms with Crippen molar-refractivity contribution in [2.45, 2.75) is 77.7 Å². The maximum absolute atomic E-state index is 11.7. The van der Waals surface area contributed by atoms with Crippen LogP contribution in [0.2, 0.25) is 0 Å². The molecule has 0 radical (unpaired) electrons. The molecule has 8 atom stereocenters. The number of fused-ring (bicyclic) bond motifs is 5. The number of cyclic esters (lactones) is 1. The molecule has 3 heteroatoms. The highest BCUT2D eigenvalue weighted by Gasteiger charge is 2.60. The fourth-order valence-electron chi connectivity index (χ4n) is 8.25. The number of hydrogen-bond donors (Lipinski definition) is 1. The summed E-state index contributed by atoms with van der Waals surface area (Å²) in [7, 11) is 0. The molecule has 0 spiro atoms. The SMILES string of the molecule is C[C@]12CC[C@H](O)CC1=CC[C@H]1C3CC[C@H](C4COC(=O)C4)[C@@]3(C)CC[C@@H]12. The van der Waals surface area contributed by atoms with E-state index in [1.165, 1.54) is 38.5 Å². The molecule has 1 heterocycles. The van der Waals surface area contributed by atoms with E-state index in [-0.39, 0.29) is 12.1 Å². The van der Waals surface area contributed by atoms with Crippen LogP contribution in [0.5, 0.6) is 0 Å². The van der Waals surface area contributed by atoms with E-state index in [1.807, 2.05) is 0 Å². The molecule has 1 aliphatic heterocycles. The van der Waals surface area contributed by atoms with Crippen LogP contribution < -0.4 is 0 Å². The molecule has 3 saturated carbocycles. The van der Waals surface area contributed by atoms with E-state index in [0.29, 0.717) is 35.7 Å². The maximum atomic E-state index is 11.7. The summed E-state index contributed by atoms with van der Waals surface area (Å²) in [4.78, 5) is 11.7. The third kappa shape index (κ3) is 2.31. The summed E-state index contributed by atoms with van der Waals surface area (Å²) in [6, 6.07) is 0. The van der Waals surface area contributed by atoms with E-state index in [0.717, 1.165) is 30.6 Å². The highest BCUT2D eigenvalue weighted by molar-refractivity contribution is 5.71. The lowest BCUT2D eigenvalue weighted by Gasteiger charge is -2.58. The van der Waals surface area contributed by atoms with E-state index >= 15 is 0 Å². The number of hydrogen-bond acceptors (Lipinski definition) is 3. The smallest absolute Gasteiger partial charge is 0.306 e. The van der Waals surface area contributed by atoms with Crippen molar-refractivity contribution in [1.82, 2.24) is 0 Å². The van der Waals surface area contributed by atoms with Crippen LogP contribution in [0.1, 0.15) is 71.6 Å². The van der Waals surface area contributed by atoms with Crippen LogP contribution in [-0.4, -0.2) is 23.8 Å². The molecule has 144 valence electrons. The predicted molar refractivity (Wildman–Crippen MR) is 100 cm³/mol. The number of carbonyl (C=O) groups excluding carboxylic acids is 1. The summed E-state index contributed by atoms with van der Waals surface area (Å²) in [5.41, 5.74) is 2.29. The quantitative estimate of drug-likeness (QED) is 0.555. The number of allylic oxidation sites excluding steroid dienone is 1. The minimum Gasteiger partial charge on any atom is -0.465 e. The molecule has 1 N–H and O–H groups in total. The van der Waals surface area contributed by atoms with Gasteiger partial charge in [0.2, 0.25) is 0 Å². The van der Waals surface area contributed by atoms with Gasteiger partial charge in [0, 0.05) is 5.92 Å². The van der Waals surface area contributed by atoms with Crippen molar-refractivity contribution in [3.05, 3.63) is 11.6 Å². The molecule has 1 saturated heterocycles. The van der Waals surface area contributed by atoms with Gasteiger partial charge in [-0.1, -0.05) is 25.5 Å². The molecular formula is C23H34O3. The Morgan fingerprint density at radius 2 is 1.85 bits per heavy atom. The average Bonchev–Trinajstić information content (AvgIpc) is 3.18. The van der Waals surface area contributed by atoms with Crippen LogP contribution in [0.15, 0.2) is 11.6 Å². The van der Waals surface area contributed by atoms with Crippen molar-refractivity contribution < 1.29 is 14.6 Å². The van der Waals surface area contributed by atoms with Gasteiger partial charge in [-0.15, -0.1) is 0 Å². The van der Waals surface area contributed by atoms with E-state index < -0.39 is 0 Å². The lowest BCUT2D eigenvalue weighted by Crippen LogP contribution is -2.51. The minimum absolute atomic E-state index is 0.0225. The summed E-state index contributed by atoms with van der Waals surface area (Å²) in [5.74, 6) is 3.57. The summed E-state index contributed by atoms with van der Waals surface area (Å²) in [5, 5.41) is 10.1. The molecule has 0 aromatic rings. The number of ether oxygens (including phenoxy) is 1. The molecule has 0 aromatic heterocycles. The van der Waals surface area contributed by atoms with Crippen molar-refractivity contribution in [2.75, 3.05) is 6.61 Å². The monoisotopic (exact) mass is 358 g/mol. The second-order valence-electron chi connectivity index (χ2n) is 10.5. The van der Waals surface area contributed by atoms with Gasteiger partial charge in [-0.3, -0.25) is 4.79 Å². The lowest BCUT2D eigenvalue weighted by molar-refractivity contribution is -0.137. The summed E-state index contributed by atoms with van der Waals surface area (Å²) < 4.78 is 5.33. The molecule has 4 aliphatic carbocycles. The van der Waals surface area contributed by atoms with Crippen molar-refractivity contribution in [3.8, 4) is 0 Å². The first-order valence-corrected chi connectivity index (χ1v) is 10.9. The molecule has 4 fully saturated rings. The van der Waals surface area contributed by atoms with E-state index in [1.54, 1.807) is 5.57 Å². The standard InChI is InChI=1S/C23H34O3/c1-22-9-7-16(24)12-15(22)3-4-17-19-6-5-18(14-11-21(25)26-13-14)23(19,2)10-8-20(17)22/h3,14,16-20,24H,4-13H2,1-2H3/t14?,16-,17-,18+,19?,20-,22-,23+/m0/s1. The Bertz CT molecular complexity index is 639. The first-order valence-electron chi connectivity index (χ1n) is 10.9. The van der Waals surface area contributed by atoms with Crippen molar-refractivity contribution in [3.63, 3.8) is 0 Å². The highest BCUT2D eigenvalue weighted by atomic mass is 16.5. The maximum Gasteiger partial charge on any atom is 0.306 e. The molecule has 0 aromatic carbocycles. The molecular weight excluding hydrogens is 324 g/mol. The number of aliphatic hydroxyl groups is 1. The third-order valence-corrected chi connectivity index (χ3v) is 9.61.